The Bertz CT molecular complexity index is 1120. The molecule has 0 unspecified atom stereocenters. The molecule has 8 heteroatoms. The highest BCUT2D eigenvalue weighted by molar-refractivity contribution is 7.97. The van der Waals surface area contributed by atoms with Crippen LogP contribution in [0.2, 0.25) is 0 Å². The van der Waals surface area contributed by atoms with Crippen LogP contribution in [0.3, 0.4) is 0 Å². The van der Waals surface area contributed by atoms with E-state index in [1.165, 1.54) is 16.9 Å². The average molecular weight is 425 g/mol. The number of ether oxygens (including phenoxy) is 2. The van der Waals surface area contributed by atoms with E-state index in [4.69, 9.17) is 9.47 Å². The molecule has 0 bridgehead atoms. The molecule has 2 aromatic heterocycles. The minimum atomic E-state index is 0.700. The normalized spacial score (nSPS) is 11.4. The highest BCUT2D eigenvalue weighted by atomic mass is 32.2. The van der Waals surface area contributed by atoms with Crippen molar-refractivity contribution < 1.29 is 9.47 Å². The number of nitrogens with zero attached hydrogens (tertiary/aromatic N) is 4. The maximum atomic E-state index is 5.35. The Balaban J connectivity index is 1.45. The summed E-state index contributed by atoms with van der Waals surface area (Å²) in [5.74, 6) is 3.97. The first-order valence-corrected chi connectivity index (χ1v) is 11.0. The first kappa shape index (κ1) is 19.5. The first-order valence-electron chi connectivity index (χ1n) is 8.99. The van der Waals surface area contributed by atoms with Crippen molar-refractivity contribution in [1.29, 1.82) is 0 Å². The van der Waals surface area contributed by atoms with Gasteiger partial charge >= 0.3 is 0 Å². The van der Waals surface area contributed by atoms with E-state index in [1.54, 1.807) is 26.0 Å². The largest absolute Gasteiger partial charge is 0.493 e. The summed E-state index contributed by atoms with van der Waals surface area (Å²) in [4.78, 5) is 0.798. The molecule has 0 saturated heterocycles. The molecule has 0 aliphatic heterocycles. The molecule has 4 aromatic rings. The SMILES string of the molecule is COc1ccc(/C=C/c2nn3c(CSCc4ccccc4)nnc3s2)cc1OC. The minimum Gasteiger partial charge on any atom is -0.493 e. The first-order chi connectivity index (χ1) is 14.3. The summed E-state index contributed by atoms with van der Waals surface area (Å²) < 4.78 is 12.5. The van der Waals surface area contributed by atoms with Crippen LogP contribution in [0.25, 0.3) is 17.1 Å². The maximum Gasteiger partial charge on any atom is 0.234 e. The van der Waals surface area contributed by atoms with Crippen molar-refractivity contribution in [3.05, 3.63) is 70.5 Å². The van der Waals surface area contributed by atoms with Crippen molar-refractivity contribution in [1.82, 2.24) is 19.8 Å². The van der Waals surface area contributed by atoms with Crippen LogP contribution >= 0.6 is 23.1 Å². The Hall–Kier alpha value is -2.84. The van der Waals surface area contributed by atoms with E-state index in [0.29, 0.717) is 11.5 Å². The quantitative estimate of drug-likeness (QED) is 0.405. The number of hydrogen-bond acceptors (Lipinski definition) is 7. The summed E-state index contributed by atoms with van der Waals surface area (Å²) in [6.45, 7) is 0. The van der Waals surface area contributed by atoms with Gasteiger partial charge in [0.2, 0.25) is 4.96 Å². The predicted molar refractivity (Wildman–Crippen MR) is 119 cm³/mol. The molecule has 29 heavy (non-hydrogen) atoms. The lowest BCUT2D eigenvalue weighted by atomic mass is 10.2. The summed E-state index contributed by atoms with van der Waals surface area (Å²) in [5, 5.41) is 14.0. The Morgan fingerprint density at radius 2 is 1.79 bits per heavy atom. The molecule has 0 radical (unpaired) electrons. The third-order valence-corrected chi connectivity index (χ3v) is 6.10. The predicted octanol–water partition coefficient (Wildman–Crippen LogP) is 4.81. The van der Waals surface area contributed by atoms with Crippen LogP contribution in [-0.4, -0.2) is 34.0 Å². The topological polar surface area (TPSA) is 61.5 Å². The lowest BCUT2D eigenvalue weighted by molar-refractivity contribution is 0.355. The number of methoxy groups -OCH3 is 2. The molecule has 0 aliphatic carbocycles. The highest BCUT2D eigenvalue weighted by Crippen LogP contribution is 2.28. The van der Waals surface area contributed by atoms with Crippen LogP contribution in [0.4, 0.5) is 0 Å². The van der Waals surface area contributed by atoms with Gasteiger partial charge in [-0.1, -0.05) is 53.8 Å². The third-order valence-electron chi connectivity index (χ3n) is 4.24. The zero-order valence-electron chi connectivity index (χ0n) is 16.1. The summed E-state index contributed by atoms with van der Waals surface area (Å²) in [6.07, 6.45) is 3.97. The monoisotopic (exact) mass is 424 g/mol. The lowest BCUT2D eigenvalue weighted by Gasteiger charge is -2.07. The standard InChI is InChI=1S/C21H20N4O2S2/c1-26-17-10-8-15(12-18(17)27-2)9-11-20-24-25-19(22-23-21(25)29-20)14-28-13-16-6-4-3-5-7-16/h3-12H,13-14H2,1-2H3/b11-9+. The summed E-state index contributed by atoms with van der Waals surface area (Å²) in [7, 11) is 3.26. The summed E-state index contributed by atoms with van der Waals surface area (Å²) in [6, 6.07) is 16.2. The smallest absolute Gasteiger partial charge is 0.234 e. The molecule has 0 N–H and O–H groups in total. The number of benzene rings is 2. The second-order valence-electron chi connectivity index (χ2n) is 6.18. The minimum absolute atomic E-state index is 0.700. The zero-order chi connectivity index (χ0) is 20.1. The molecule has 0 atom stereocenters. The molecular weight excluding hydrogens is 404 g/mol. The van der Waals surface area contributed by atoms with Crippen LogP contribution in [0.1, 0.15) is 22.0 Å². The van der Waals surface area contributed by atoms with E-state index in [2.05, 4.69) is 39.6 Å². The van der Waals surface area contributed by atoms with Crippen molar-refractivity contribution in [2.75, 3.05) is 14.2 Å². The van der Waals surface area contributed by atoms with E-state index in [0.717, 1.165) is 32.9 Å². The molecule has 0 amide bonds. The number of fused-ring (bicyclic) bond motifs is 1. The van der Waals surface area contributed by atoms with Gasteiger partial charge in [0, 0.05) is 5.75 Å². The number of hydrogen-bond donors (Lipinski definition) is 0. The van der Waals surface area contributed by atoms with Gasteiger partial charge in [-0.3, -0.25) is 0 Å². The molecule has 0 aliphatic rings. The Morgan fingerprint density at radius 3 is 2.59 bits per heavy atom. The number of thioether (sulfide) groups is 1. The van der Waals surface area contributed by atoms with E-state index in [9.17, 15) is 0 Å². The fourth-order valence-electron chi connectivity index (χ4n) is 2.79. The summed E-state index contributed by atoms with van der Waals surface area (Å²) in [5.41, 5.74) is 2.31. The Morgan fingerprint density at radius 1 is 0.966 bits per heavy atom. The lowest BCUT2D eigenvalue weighted by Crippen LogP contribution is -1.94. The highest BCUT2D eigenvalue weighted by Gasteiger charge is 2.11. The van der Waals surface area contributed by atoms with Gasteiger partial charge in [-0.15, -0.1) is 22.0 Å². The second-order valence-corrected chi connectivity index (χ2v) is 8.15. The van der Waals surface area contributed by atoms with Gasteiger partial charge in [-0.25, -0.2) is 0 Å². The van der Waals surface area contributed by atoms with E-state index in [1.807, 2.05) is 40.9 Å². The van der Waals surface area contributed by atoms with Crippen molar-refractivity contribution in [3.8, 4) is 11.5 Å². The Kier molecular flexibility index (Phi) is 6.12. The molecule has 0 fully saturated rings. The van der Waals surface area contributed by atoms with E-state index < -0.39 is 0 Å². The van der Waals surface area contributed by atoms with Crippen LogP contribution < -0.4 is 9.47 Å². The molecule has 0 saturated carbocycles. The van der Waals surface area contributed by atoms with Crippen LogP contribution in [0, 0.1) is 0 Å². The number of aromatic nitrogens is 4. The number of rotatable bonds is 8. The van der Waals surface area contributed by atoms with Crippen LogP contribution in [0.5, 0.6) is 11.5 Å². The van der Waals surface area contributed by atoms with E-state index in [-0.39, 0.29) is 0 Å². The molecule has 2 heterocycles. The molecule has 4 rings (SSSR count). The fourth-order valence-corrected chi connectivity index (χ4v) is 4.44. The second kappa shape index (κ2) is 9.11. The van der Waals surface area contributed by atoms with Gasteiger partial charge in [0.05, 0.1) is 20.0 Å². The molecule has 2 aromatic carbocycles. The van der Waals surface area contributed by atoms with Gasteiger partial charge in [0.25, 0.3) is 0 Å². The molecular formula is C21H20N4O2S2. The molecule has 148 valence electrons. The molecule has 6 nitrogen and oxygen atoms in total. The van der Waals surface area contributed by atoms with Gasteiger partial charge in [-0.2, -0.15) is 9.61 Å². The maximum absolute atomic E-state index is 5.35. The van der Waals surface area contributed by atoms with Crippen molar-refractivity contribution in [2.45, 2.75) is 11.5 Å². The third kappa shape index (κ3) is 4.60. The summed E-state index contributed by atoms with van der Waals surface area (Å²) >= 11 is 3.31. The van der Waals surface area contributed by atoms with Gasteiger partial charge < -0.3 is 9.47 Å². The van der Waals surface area contributed by atoms with Gasteiger partial charge in [0.15, 0.2) is 17.3 Å². The van der Waals surface area contributed by atoms with Crippen LogP contribution in [-0.2, 0) is 11.5 Å². The van der Waals surface area contributed by atoms with Gasteiger partial charge in [-0.05, 0) is 29.3 Å². The van der Waals surface area contributed by atoms with Crippen molar-refractivity contribution >= 4 is 40.2 Å². The van der Waals surface area contributed by atoms with Crippen molar-refractivity contribution in [2.24, 2.45) is 0 Å². The fraction of sp³-hybridized carbons (Fsp3) is 0.190. The van der Waals surface area contributed by atoms with E-state index >= 15 is 0 Å². The Labute approximate surface area is 177 Å². The average Bonchev–Trinajstić information content (AvgIpc) is 3.34. The van der Waals surface area contributed by atoms with Crippen molar-refractivity contribution in [3.63, 3.8) is 0 Å². The van der Waals surface area contributed by atoms with Gasteiger partial charge in [0.1, 0.15) is 5.01 Å². The molecule has 0 spiro atoms. The van der Waals surface area contributed by atoms with Crippen LogP contribution in [0.15, 0.2) is 48.5 Å². The zero-order valence-corrected chi connectivity index (χ0v) is 17.7.